The molecule has 0 saturated carbocycles. The van der Waals surface area contributed by atoms with Crippen molar-refractivity contribution >= 4 is 11.9 Å². The molecule has 1 heterocycles. The van der Waals surface area contributed by atoms with Crippen molar-refractivity contribution in [3.05, 3.63) is 51.0 Å². The molecule has 0 bridgehead atoms. The van der Waals surface area contributed by atoms with Crippen molar-refractivity contribution in [3.63, 3.8) is 0 Å². The molecule has 0 N–H and O–H groups in total. The molecule has 102 valence electrons. The summed E-state index contributed by atoms with van der Waals surface area (Å²) in [5, 5.41) is 10.8. The Labute approximate surface area is 113 Å². The van der Waals surface area contributed by atoms with Gasteiger partial charge in [-0.25, -0.2) is 9.55 Å². The predicted molar refractivity (Wildman–Crippen MR) is 76.7 cm³/mol. The topological polar surface area (TPSA) is 61.0 Å². The lowest BCUT2D eigenvalue weighted by molar-refractivity contribution is -0.391. The molecular formula is C14H19N3O2. The summed E-state index contributed by atoms with van der Waals surface area (Å²) < 4.78 is 1.47. The third-order valence-corrected chi connectivity index (χ3v) is 2.39. The fourth-order valence-corrected chi connectivity index (χ4v) is 1.66. The summed E-state index contributed by atoms with van der Waals surface area (Å²) in [5.74, 6) is 0.553. The minimum atomic E-state index is -0.439. The van der Waals surface area contributed by atoms with E-state index in [4.69, 9.17) is 0 Å². The van der Waals surface area contributed by atoms with Crippen LogP contribution in [0.25, 0.3) is 6.08 Å². The summed E-state index contributed by atoms with van der Waals surface area (Å²) in [5.41, 5.74) is 3.29. The molecule has 0 fully saturated rings. The molecule has 1 aromatic heterocycles. The Morgan fingerprint density at radius 1 is 1.26 bits per heavy atom. The first kappa shape index (κ1) is 14.9. The first-order valence-corrected chi connectivity index (χ1v) is 5.99. The van der Waals surface area contributed by atoms with Crippen LogP contribution in [0.4, 0.5) is 5.82 Å². The second-order valence-electron chi connectivity index (χ2n) is 4.88. The summed E-state index contributed by atoms with van der Waals surface area (Å²) >= 11 is 0. The van der Waals surface area contributed by atoms with E-state index in [1.165, 1.54) is 10.8 Å². The van der Waals surface area contributed by atoms with Crippen LogP contribution >= 0.6 is 0 Å². The zero-order chi connectivity index (χ0) is 14.6. The van der Waals surface area contributed by atoms with Crippen LogP contribution < -0.4 is 0 Å². The van der Waals surface area contributed by atoms with Gasteiger partial charge in [0.05, 0.1) is 7.05 Å². The summed E-state index contributed by atoms with van der Waals surface area (Å²) in [7, 11) is 1.64. The second kappa shape index (κ2) is 6.13. The van der Waals surface area contributed by atoms with Crippen molar-refractivity contribution in [2.24, 2.45) is 7.05 Å². The SMILES string of the molecule is CC(C)=CC(C=C(C)C)=Cc1ncc([N+](=O)[O-])n1C. The van der Waals surface area contributed by atoms with E-state index in [2.05, 4.69) is 4.98 Å². The monoisotopic (exact) mass is 261 g/mol. The highest BCUT2D eigenvalue weighted by Gasteiger charge is 2.14. The number of imidazole rings is 1. The molecule has 0 aliphatic rings. The third kappa shape index (κ3) is 4.21. The first-order valence-electron chi connectivity index (χ1n) is 5.99. The smallest absolute Gasteiger partial charge is 0.342 e. The van der Waals surface area contributed by atoms with Gasteiger partial charge in [0, 0.05) is 6.08 Å². The summed E-state index contributed by atoms with van der Waals surface area (Å²) in [6, 6.07) is 0. The molecule has 1 rings (SSSR count). The van der Waals surface area contributed by atoms with E-state index >= 15 is 0 Å². The maximum absolute atomic E-state index is 10.8. The standard InChI is InChI=1S/C14H19N3O2/c1-10(2)6-12(7-11(3)4)8-13-15-9-14(16(13)5)17(18)19/h6-9H,1-5H3. The number of hydrogen-bond acceptors (Lipinski definition) is 3. The highest BCUT2D eigenvalue weighted by Crippen LogP contribution is 2.16. The van der Waals surface area contributed by atoms with Crippen molar-refractivity contribution < 1.29 is 4.92 Å². The maximum atomic E-state index is 10.8. The molecule has 0 aliphatic carbocycles. The average Bonchev–Trinajstić information content (AvgIpc) is 2.58. The molecule has 0 amide bonds. The molecule has 5 heteroatoms. The number of nitrogens with zero attached hydrogens (tertiary/aromatic N) is 3. The first-order chi connectivity index (χ1) is 8.81. The van der Waals surface area contributed by atoms with Crippen molar-refractivity contribution in [1.82, 2.24) is 9.55 Å². The Balaban J connectivity index is 3.27. The minimum Gasteiger partial charge on any atom is -0.358 e. The van der Waals surface area contributed by atoms with E-state index < -0.39 is 4.92 Å². The molecule has 0 radical (unpaired) electrons. The van der Waals surface area contributed by atoms with Crippen molar-refractivity contribution in [2.75, 3.05) is 0 Å². The lowest BCUT2D eigenvalue weighted by Crippen LogP contribution is -1.98. The van der Waals surface area contributed by atoms with Gasteiger partial charge in [-0.3, -0.25) is 0 Å². The van der Waals surface area contributed by atoms with E-state index in [-0.39, 0.29) is 5.82 Å². The minimum absolute atomic E-state index is 0.0139. The van der Waals surface area contributed by atoms with E-state index in [1.807, 2.05) is 45.9 Å². The molecule has 0 unspecified atom stereocenters. The molecule has 19 heavy (non-hydrogen) atoms. The van der Waals surface area contributed by atoms with Gasteiger partial charge in [0.15, 0.2) is 0 Å². The molecule has 0 aromatic carbocycles. The molecule has 0 aliphatic heterocycles. The van der Waals surface area contributed by atoms with Crippen LogP contribution in [0.1, 0.15) is 33.5 Å². The van der Waals surface area contributed by atoms with Crippen molar-refractivity contribution in [2.45, 2.75) is 27.7 Å². The Bertz CT molecular complexity index is 550. The van der Waals surface area contributed by atoms with Crippen molar-refractivity contribution in [1.29, 1.82) is 0 Å². The number of allylic oxidation sites excluding steroid dienone is 5. The van der Waals surface area contributed by atoms with Crippen molar-refractivity contribution in [3.8, 4) is 0 Å². The lowest BCUT2D eigenvalue weighted by atomic mass is 10.1. The Kier molecular flexibility index (Phi) is 4.80. The fraction of sp³-hybridized carbons (Fsp3) is 0.357. The summed E-state index contributed by atoms with van der Waals surface area (Å²) in [4.78, 5) is 14.4. The quantitative estimate of drug-likeness (QED) is 0.472. The molecule has 1 aromatic rings. The molecular weight excluding hydrogens is 242 g/mol. The van der Waals surface area contributed by atoms with Gasteiger partial charge in [-0.05, 0) is 38.2 Å². The maximum Gasteiger partial charge on any atom is 0.342 e. The molecule has 0 saturated heterocycles. The van der Waals surface area contributed by atoms with Crippen LogP contribution in [0.3, 0.4) is 0 Å². The fourth-order valence-electron chi connectivity index (χ4n) is 1.66. The number of aromatic nitrogens is 2. The number of nitro groups is 1. The van der Waals surface area contributed by atoms with Crippen LogP contribution in [0.5, 0.6) is 0 Å². The highest BCUT2D eigenvalue weighted by molar-refractivity contribution is 5.57. The molecule has 0 spiro atoms. The second-order valence-corrected chi connectivity index (χ2v) is 4.88. The number of hydrogen-bond donors (Lipinski definition) is 0. The molecule has 5 nitrogen and oxygen atoms in total. The number of rotatable bonds is 4. The summed E-state index contributed by atoms with van der Waals surface area (Å²) in [6.45, 7) is 8.03. The van der Waals surface area contributed by atoms with Gasteiger partial charge in [-0.15, -0.1) is 0 Å². The Hall–Kier alpha value is -2.17. The zero-order valence-electron chi connectivity index (χ0n) is 12.0. The molecule has 0 atom stereocenters. The largest absolute Gasteiger partial charge is 0.358 e. The lowest BCUT2D eigenvalue weighted by Gasteiger charge is -1.99. The van der Waals surface area contributed by atoms with Crippen LogP contribution in [0, 0.1) is 10.1 Å². The average molecular weight is 261 g/mol. The van der Waals surface area contributed by atoms with Gasteiger partial charge >= 0.3 is 5.82 Å². The third-order valence-electron chi connectivity index (χ3n) is 2.39. The Morgan fingerprint density at radius 3 is 2.16 bits per heavy atom. The normalized spacial score (nSPS) is 9.74. The van der Waals surface area contributed by atoms with E-state index in [9.17, 15) is 10.1 Å². The predicted octanol–water partition coefficient (Wildman–Crippen LogP) is 3.64. The van der Waals surface area contributed by atoms with E-state index in [1.54, 1.807) is 7.05 Å². The van der Waals surface area contributed by atoms with Gasteiger partial charge < -0.3 is 10.1 Å². The van der Waals surface area contributed by atoms with Gasteiger partial charge in [0.25, 0.3) is 0 Å². The zero-order valence-corrected chi connectivity index (χ0v) is 12.0. The van der Waals surface area contributed by atoms with Gasteiger partial charge in [-0.2, -0.15) is 0 Å². The van der Waals surface area contributed by atoms with E-state index in [0.717, 1.165) is 16.7 Å². The van der Waals surface area contributed by atoms with Crippen LogP contribution in [-0.4, -0.2) is 14.5 Å². The van der Waals surface area contributed by atoms with Crippen LogP contribution in [0.15, 0.2) is 35.1 Å². The van der Waals surface area contributed by atoms with Gasteiger partial charge in [0.2, 0.25) is 5.82 Å². The van der Waals surface area contributed by atoms with Crippen LogP contribution in [0.2, 0.25) is 0 Å². The highest BCUT2D eigenvalue weighted by atomic mass is 16.6. The van der Waals surface area contributed by atoms with Gasteiger partial charge in [0.1, 0.15) is 6.20 Å². The summed E-state index contributed by atoms with van der Waals surface area (Å²) in [6.07, 6.45) is 7.16. The van der Waals surface area contributed by atoms with Crippen LogP contribution in [-0.2, 0) is 7.05 Å². The van der Waals surface area contributed by atoms with E-state index in [0.29, 0.717) is 5.82 Å². The van der Waals surface area contributed by atoms with Gasteiger partial charge in [-0.1, -0.05) is 23.3 Å². The Morgan fingerprint density at radius 2 is 1.79 bits per heavy atom.